The molecule has 0 amide bonds. The topological polar surface area (TPSA) is 52.6 Å². The van der Waals surface area contributed by atoms with Gasteiger partial charge in [0.1, 0.15) is 6.61 Å². The monoisotopic (exact) mass is 366 g/mol. The van der Waals surface area contributed by atoms with E-state index >= 15 is 0 Å². The molecule has 3 aromatic carbocycles. The molecule has 0 heterocycles. The van der Waals surface area contributed by atoms with Gasteiger partial charge in [0, 0.05) is 4.90 Å². The number of esters is 2. The van der Waals surface area contributed by atoms with Crippen molar-refractivity contribution in [1.29, 1.82) is 0 Å². The maximum Gasteiger partial charge on any atom is 0.337 e. The Balaban J connectivity index is 1.50. The van der Waals surface area contributed by atoms with E-state index < -0.39 is 0 Å². The van der Waals surface area contributed by atoms with Gasteiger partial charge in [0.15, 0.2) is 0 Å². The summed E-state index contributed by atoms with van der Waals surface area (Å²) in [5.74, 6) is -0.418. The van der Waals surface area contributed by atoms with Crippen LogP contribution in [0.3, 0.4) is 0 Å². The van der Waals surface area contributed by atoms with Crippen LogP contribution in [0.2, 0.25) is 0 Å². The predicted molar refractivity (Wildman–Crippen MR) is 102 cm³/mol. The molecule has 0 saturated carbocycles. The molecule has 0 aromatic heterocycles. The molecule has 0 spiro atoms. The van der Waals surface area contributed by atoms with E-state index in [-0.39, 0.29) is 24.3 Å². The molecule has 0 fully saturated rings. The summed E-state index contributed by atoms with van der Waals surface area (Å²) in [6.45, 7) is 0.179. The average Bonchev–Trinajstić information content (AvgIpc) is 2.70. The van der Waals surface area contributed by atoms with Crippen LogP contribution in [0, 0.1) is 0 Å². The number of rotatable bonds is 6. The van der Waals surface area contributed by atoms with Crippen LogP contribution in [0.1, 0.15) is 15.9 Å². The van der Waals surface area contributed by atoms with Gasteiger partial charge in [-0.25, -0.2) is 4.79 Å². The number of benzene rings is 3. The first kappa shape index (κ1) is 18.0. The number of carbonyl (C=O) groups is 2. The lowest BCUT2D eigenvalue weighted by Gasteiger charge is -2.06. The van der Waals surface area contributed by atoms with Crippen molar-refractivity contribution < 1.29 is 19.1 Å². The molecular formula is C21H18O4S. The Morgan fingerprint density at radius 3 is 2.38 bits per heavy atom. The molecule has 0 saturated heterocycles. The molecule has 4 nitrogen and oxygen atoms in total. The summed E-state index contributed by atoms with van der Waals surface area (Å²) in [6, 6.07) is 21.0. The molecule has 0 unspecified atom stereocenters. The van der Waals surface area contributed by atoms with Gasteiger partial charge < -0.3 is 9.47 Å². The van der Waals surface area contributed by atoms with E-state index in [0.717, 1.165) is 15.8 Å². The van der Waals surface area contributed by atoms with Gasteiger partial charge in [-0.2, -0.15) is 0 Å². The number of hydrogen-bond acceptors (Lipinski definition) is 5. The van der Waals surface area contributed by atoms with Crippen LogP contribution in [0.25, 0.3) is 10.8 Å². The van der Waals surface area contributed by atoms with Gasteiger partial charge in [-0.05, 0) is 40.6 Å². The van der Waals surface area contributed by atoms with Crippen LogP contribution in [-0.2, 0) is 20.9 Å². The second kappa shape index (κ2) is 8.54. The Kier molecular flexibility index (Phi) is 5.92. The zero-order valence-electron chi connectivity index (χ0n) is 14.3. The fourth-order valence-electron chi connectivity index (χ4n) is 2.46. The van der Waals surface area contributed by atoms with E-state index in [4.69, 9.17) is 4.74 Å². The summed E-state index contributed by atoms with van der Waals surface area (Å²) in [6.07, 6.45) is 0. The van der Waals surface area contributed by atoms with Gasteiger partial charge >= 0.3 is 11.9 Å². The first-order valence-corrected chi connectivity index (χ1v) is 9.09. The number of ether oxygens (including phenoxy) is 2. The summed E-state index contributed by atoms with van der Waals surface area (Å²) in [7, 11) is 1.34. The average molecular weight is 366 g/mol. The summed E-state index contributed by atoms with van der Waals surface area (Å²) in [4.78, 5) is 24.4. The van der Waals surface area contributed by atoms with Crippen LogP contribution in [0.4, 0.5) is 0 Å². The van der Waals surface area contributed by atoms with Crippen molar-refractivity contribution in [2.45, 2.75) is 11.5 Å². The summed E-state index contributed by atoms with van der Waals surface area (Å²) >= 11 is 1.45. The lowest BCUT2D eigenvalue weighted by atomic mass is 10.1. The van der Waals surface area contributed by atoms with E-state index in [0.29, 0.717) is 5.56 Å². The quantitative estimate of drug-likeness (QED) is 0.476. The summed E-state index contributed by atoms with van der Waals surface area (Å²) in [5.41, 5.74) is 1.29. The standard InChI is InChI=1S/C21H18O4S/c1-24-21(23)17-8-6-15(7-9-17)13-25-20(22)14-26-19-11-10-16-4-2-3-5-18(16)12-19/h2-12H,13-14H2,1H3. The molecular weight excluding hydrogens is 348 g/mol. The van der Waals surface area contributed by atoms with Gasteiger partial charge in [-0.3, -0.25) is 4.79 Å². The van der Waals surface area contributed by atoms with Crippen LogP contribution in [0.5, 0.6) is 0 Å². The van der Waals surface area contributed by atoms with Crippen molar-refractivity contribution in [3.05, 3.63) is 77.9 Å². The molecule has 0 N–H and O–H groups in total. The molecule has 3 aromatic rings. The molecule has 0 aliphatic heterocycles. The number of hydrogen-bond donors (Lipinski definition) is 0. The third kappa shape index (κ3) is 4.64. The highest BCUT2D eigenvalue weighted by Gasteiger charge is 2.07. The highest BCUT2D eigenvalue weighted by Crippen LogP contribution is 2.23. The first-order chi connectivity index (χ1) is 12.7. The summed E-state index contributed by atoms with van der Waals surface area (Å²) < 4.78 is 9.94. The van der Waals surface area contributed by atoms with E-state index in [1.807, 2.05) is 24.3 Å². The number of fused-ring (bicyclic) bond motifs is 1. The highest BCUT2D eigenvalue weighted by molar-refractivity contribution is 8.00. The van der Waals surface area contributed by atoms with Gasteiger partial charge in [0.05, 0.1) is 18.4 Å². The van der Waals surface area contributed by atoms with Crippen LogP contribution < -0.4 is 0 Å². The van der Waals surface area contributed by atoms with Crippen LogP contribution >= 0.6 is 11.8 Å². The van der Waals surface area contributed by atoms with E-state index in [1.54, 1.807) is 24.3 Å². The third-order valence-electron chi connectivity index (χ3n) is 3.85. The lowest BCUT2D eigenvalue weighted by Crippen LogP contribution is -2.07. The molecule has 132 valence electrons. The smallest absolute Gasteiger partial charge is 0.337 e. The maximum atomic E-state index is 12.0. The molecule has 0 bridgehead atoms. The Hall–Kier alpha value is -2.79. The zero-order chi connectivity index (χ0) is 18.4. The fraction of sp³-hybridized carbons (Fsp3) is 0.143. The van der Waals surface area contributed by atoms with Crippen LogP contribution in [0.15, 0.2) is 71.6 Å². The minimum absolute atomic E-state index is 0.179. The first-order valence-electron chi connectivity index (χ1n) is 8.10. The maximum absolute atomic E-state index is 12.0. The number of thioether (sulfide) groups is 1. The van der Waals surface area contributed by atoms with Gasteiger partial charge in [0.25, 0.3) is 0 Å². The molecule has 0 atom stereocenters. The third-order valence-corrected chi connectivity index (χ3v) is 4.82. The SMILES string of the molecule is COC(=O)c1ccc(COC(=O)CSc2ccc3ccccc3c2)cc1. The van der Waals surface area contributed by atoms with Crippen molar-refractivity contribution in [3.8, 4) is 0 Å². The highest BCUT2D eigenvalue weighted by atomic mass is 32.2. The predicted octanol–water partition coefficient (Wildman–Crippen LogP) is 4.46. The van der Waals surface area contributed by atoms with Crippen molar-refractivity contribution in [3.63, 3.8) is 0 Å². The lowest BCUT2D eigenvalue weighted by molar-refractivity contribution is -0.141. The van der Waals surface area contributed by atoms with Gasteiger partial charge in [0.2, 0.25) is 0 Å². The molecule has 5 heteroatoms. The van der Waals surface area contributed by atoms with Crippen molar-refractivity contribution in [2.75, 3.05) is 12.9 Å². The second-order valence-corrected chi connectivity index (χ2v) is 6.70. The normalized spacial score (nSPS) is 10.5. The largest absolute Gasteiger partial charge is 0.465 e. The van der Waals surface area contributed by atoms with E-state index in [2.05, 4.69) is 22.9 Å². The number of methoxy groups -OCH3 is 1. The van der Waals surface area contributed by atoms with Crippen molar-refractivity contribution in [1.82, 2.24) is 0 Å². The minimum atomic E-state index is -0.389. The van der Waals surface area contributed by atoms with Crippen molar-refractivity contribution >= 4 is 34.5 Å². The fourth-order valence-corrected chi connectivity index (χ4v) is 3.20. The second-order valence-electron chi connectivity index (χ2n) is 5.65. The number of carbonyl (C=O) groups excluding carboxylic acids is 2. The van der Waals surface area contributed by atoms with E-state index in [1.165, 1.54) is 24.3 Å². The Morgan fingerprint density at radius 2 is 1.65 bits per heavy atom. The molecule has 0 aliphatic carbocycles. The van der Waals surface area contributed by atoms with Crippen molar-refractivity contribution in [2.24, 2.45) is 0 Å². The Labute approximate surface area is 156 Å². The van der Waals surface area contributed by atoms with Gasteiger partial charge in [-0.1, -0.05) is 42.5 Å². The summed E-state index contributed by atoms with van der Waals surface area (Å²) in [5, 5.41) is 2.33. The van der Waals surface area contributed by atoms with Gasteiger partial charge in [-0.15, -0.1) is 11.8 Å². The molecule has 0 aliphatic rings. The Morgan fingerprint density at radius 1 is 0.923 bits per heavy atom. The van der Waals surface area contributed by atoms with E-state index in [9.17, 15) is 9.59 Å². The minimum Gasteiger partial charge on any atom is -0.465 e. The molecule has 3 rings (SSSR count). The van der Waals surface area contributed by atoms with Crippen LogP contribution in [-0.4, -0.2) is 24.8 Å². The molecule has 0 radical (unpaired) electrons. The zero-order valence-corrected chi connectivity index (χ0v) is 15.1. The molecule has 26 heavy (non-hydrogen) atoms. The Bertz CT molecular complexity index is 919.